The Labute approximate surface area is 128 Å². The van der Waals surface area contributed by atoms with Crippen molar-refractivity contribution < 1.29 is 13.2 Å². The van der Waals surface area contributed by atoms with Crippen LogP contribution in [0.2, 0.25) is 0 Å². The molecule has 0 spiro atoms. The molecule has 1 unspecified atom stereocenters. The van der Waals surface area contributed by atoms with E-state index in [1.54, 1.807) is 11.8 Å². The first-order valence-corrected chi connectivity index (χ1v) is 8.63. The smallest absolute Gasteiger partial charge is 0.240 e. The normalized spacial score (nSPS) is 18.4. The molecule has 1 aliphatic rings. The van der Waals surface area contributed by atoms with Gasteiger partial charge in [-0.25, -0.2) is 13.1 Å². The maximum absolute atomic E-state index is 12.1. The van der Waals surface area contributed by atoms with Crippen molar-refractivity contribution in [2.45, 2.75) is 32.2 Å². The number of piperidine rings is 1. The first-order chi connectivity index (χ1) is 8.83. The summed E-state index contributed by atoms with van der Waals surface area (Å²) in [6.07, 6.45) is 4.20. The third kappa shape index (κ3) is 6.88. The minimum atomic E-state index is -3.34. The molecule has 0 aromatic rings. The lowest BCUT2D eigenvalue weighted by Crippen LogP contribution is -2.49. The fourth-order valence-electron chi connectivity index (χ4n) is 2.44. The van der Waals surface area contributed by atoms with Crippen molar-refractivity contribution in [3.8, 4) is 0 Å². The Bertz CT molecular complexity index is 395. The number of nitrogens with zero attached hydrogens (tertiary/aromatic N) is 1. The monoisotopic (exact) mass is 327 g/mol. The first-order valence-electron chi connectivity index (χ1n) is 6.74. The highest BCUT2D eigenvalue weighted by molar-refractivity contribution is 7.88. The number of sulfonamides is 1. The topological polar surface area (TPSA) is 78.5 Å². The van der Waals surface area contributed by atoms with E-state index in [4.69, 9.17) is 0 Å². The SMILES string of the molecule is CNCCC1CCN(C(=O)C(C)NS(C)(=O)=O)CC1.Cl. The minimum absolute atomic E-state index is 0. The van der Waals surface area contributed by atoms with Crippen LogP contribution in [0.15, 0.2) is 0 Å². The van der Waals surface area contributed by atoms with Gasteiger partial charge in [-0.15, -0.1) is 12.4 Å². The van der Waals surface area contributed by atoms with Crippen LogP contribution in [0.4, 0.5) is 0 Å². The zero-order valence-electron chi connectivity index (χ0n) is 12.4. The van der Waals surface area contributed by atoms with E-state index >= 15 is 0 Å². The summed E-state index contributed by atoms with van der Waals surface area (Å²) in [5.74, 6) is 0.534. The molecule has 1 saturated heterocycles. The molecule has 20 heavy (non-hydrogen) atoms. The molecule has 1 amide bonds. The minimum Gasteiger partial charge on any atom is -0.341 e. The summed E-state index contributed by atoms with van der Waals surface area (Å²) in [7, 11) is -1.39. The molecule has 1 heterocycles. The molecule has 120 valence electrons. The lowest BCUT2D eigenvalue weighted by Gasteiger charge is -2.33. The van der Waals surface area contributed by atoms with Gasteiger partial charge in [0.2, 0.25) is 15.9 Å². The van der Waals surface area contributed by atoms with Gasteiger partial charge < -0.3 is 10.2 Å². The van der Waals surface area contributed by atoms with Crippen LogP contribution in [0.3, 0.4) is 0 Å². The van der Waals surface area contributed by atoms with Gasteiger partial charge >= 0.3 is 0 Å². The van der Waals surface area contributed by atoms with Gasteiger partial charge in [-0.05, 0) is 45.7 Å². The van der Waals surface area contributed by atoms with Gasteiger partial charge in [0.15, 0.2) is 0 Å². The van der Waals surface area contributed by atoms with Crippen LogP contribution in [-0.2, 0) is 14.8 Å². The Morgan fingerprint density at radius 2 is 1.90 bits per heavy atom. The molecule has 8 heteroatoms. The standard InChI is InChI=1S/C12H25N3O3S.ClH/c1-10(14-19(3,17)18)12(16)15-8-5-11(6-9-15)4-7-13-2;/h10-11,13-14H,4-9H2,1-3H3;1H. The molecule has 1 fully saturated rings. The maximum Gasteiger partial charge on any atom is 0.240 e. The van der Waals surface area contributed by atoms with E-state index in [1.165, 1.54) is 0 Å². The molecule has 0 aromatic heterocycles. The number of nitrogens with one attached hydrogen (secondary N) is 2. The lowest BCUT2D eigenvalue weighted by atomic mass is 9.93. The van der Waals surface area contributed by atoms with Crippen molar-refractivity contribution in [1.82, 2.24) is 14.9 Å². The molecule has 0 radical (unpaired) electrons. The second-order valence-corrected chi connectivity index (χ2v) is 7.05. The van der Waals surface area contributed by atoms with Crippen LogP contribution >= 0.6 is 12.4 Å². The number of carbonyl (C=O) groups is 1. The Balaban J connectivity index is 0.00000361. The average molecular weight is 328 g/mol. The second-order valence-electron chi connectivity index (χ2n) is 5.27. The van der Waals surface area contributed by atoms with E-state index in [0.717, 1.165) is 45.2 Å². The molecule has 1 rings (SSSR count). The van der Waals surface area contributed by atoms with Gasteiger partial charge in [-0.2, -0.15) is 0 Å². The van der Waals surface area contributed by atoms with Crippen LogP contribution in [-0.4, -0.2) is 58.2 Å². The van der Waals surface area contributed by atoms with Gasteiger partial charge in [0.25, 0.3) is 0 Å². The van der Waals surface area contributed by atoms with E-state index in [2.05, 4.69) is 10.0 Å². The Morgan fingerprint density at radius 3 is 2.35 bits per heavy atom. The van der Waals surface area contributed by atoms with Crippen molar-refractivity contribution in [3.63, 3.8) is 0 Å². The average Bonchev–Trinajstić information content (AvgIpc) is 2.34. The predicted molar refractivity (Wildman–Crippen MR) is 82.5 cm³/mol. The fourth-order valence-corrected chi connectivity index (χ4v) is 3.18. The van der Waals surface area contributed by atoms with Crippen molar-refractivity contribution in [1.29, 1.82) is 0 Å². The van der Waals surface area contributed by atoms with Crippen LogP contribution in [0.25, 0.3) is 0 Å². The molecule has 0 bridgehead atoms. The summed E-state index contributed by atoms with van der Waals surface area (Å²) < 4.78 is 24.6. The number of likely N-dealkylation sites (tertiary alicyclic amines) is 1. The molecule has 6 nitrogen and oxygen atoms in total. The highest BCUT2D eigenvalue weighted by Gasteiger charge is 2.26. The summed E-state index contributed by atoms with van der Waals surface area (Å²) in [4.78, 5) is 13.8. The molecular weight excluding hydrogens is 302 g/mol. The summed E-state index contributed by atoms with van der Waals surface area (Å²) in [6.45, 7) is 4.05. The van der Waals surface area contributed by atoms with E-state index in [9.17, 15) is 13.2 Å². The number of halogens is 1. The van der Waals surface area contributed by atoms with Gasteiger partial charge in [-0.1, -0.05) is 0 Å². The fraction of sp³-hybridized carbons (Fsp3) is 0.917. The molecule has 0 saturated carbocycles. The maximum atomic E-state index is 12.1. The molecule has 0 aromatic carbocycles. The lowest BCUT2D eigenvalue weighted by molar-refractivity contribution is -0.134. The highest BCUT2D eigenvalue weighted by Crippen LogP contribution is 2.20. The van der Waals surface area contributed by atoms with E-state index in [-0.39, 0.29) is 18.3 Å². The Kier molecular flexibility index (Phi) is 8.65. The predicted octanol–water partition coefficient (Wildman–Crippen LogP) is 0.194. The molecule has 1 aliphatic heterocycles. The summed E-state index contributed by atoms with van der Waals surface area (Å²) in [5, 5.41) is 3.14. The van der Waals surface area contributed by atoms with E-state index < -0.39 is 16.1 Å². The van der Waals surface area contributed by atoms with E-state index in [1.807, 2.05) is 7.05 Å². The second kappa shape index (κ2) is 8.81. The summed E-state index contributed by atoms with van der Waals surface area (Å²) in [6, 6.07) is -0.677. The number of rotatable bonds is 6. The first kappa shape index (κ1) is 19.6. The molecule has 0 aliphatic carbocycles. The quantitative estimate of drug-likeness (QED) is 0.730. The van der Waals surface area contributed by atoms with Gasteiger partial charge in [0, 0.05) is 13.1 Å². The number of hydrogen-bond acceptors (Lipinski definition) is 4. The Hall–Kier alpha value is -0.370. The van der Waals surface area contributed by atoms with Crippen LogP contribution < -0.4 is 10.0 Å². The molecule has 2 N–H and O–H groups in total. The number of hydrogen-bond donors (Lipinski definition) is 2. The molecular formula is C12H26ClN3O3S. The third-order valence-electron chi connectivity index (χ3n) is 3.49. The van der Waals surface area contributed by atoms with Gasteiger partial charge in [-0.3, -0.25) is 4.79 Å². The van der Waals surface area contributed by atoms with Crippen LogP contribution in [0.5, 0.6) is 0 Å². The van der Waals surface area contributed by atoms with Crippen molar-refractivity contribution in [2.75, 3.05) is 32.9 Å². The number of amides is 1. The largest absolute Gasteiger partial charge is 0.341 e. The van der Waals surface area contributed by atoms with E-state index in [0.29, 0.717) is 5.92 Å². The van der Waals surface area contributed by atoms with Crippen molar-refractivity contribution in [3.05, 3.63) is 0 Å². The highest BCUT2D eigenvalue weighted by atomic mass is 35.5. The van der Waals surface area contributed by atoms with Crippen LogP contribution in [0.1, 0.15) is 26.2 Å². The third-order valence-corrected chi connectivity index (χ3v) is 4.27. The molecule has 1 atom stereocenters. The van der Waals surface area contributed by atoms with Gasteiger partial charge in [0.1, 0.15) is 0 Å². The van der Waals surface area contributed by atoms with Gasteiger partial charge in [0.05, 0.1) is 12.3 Å². The summed E-state index contributed by atoms with van der Waals surface area (Å²) >= 11 is 0. The van der Waals surface area contributed by atoms with Crippen molar-refractivity contribution >= 4 is 28.3 Å². The van der Waals surface area contributed by atoms with Crippen molar-refractivity contribution in [2.24, 2.45) is 5.92 Å². The summed E-state index contributed by atoms with van der Waals surface area (Å²) in [5.41, 5.74) is 0. The number of carbonyl (C=O) groups excluding carboxylic acids is 1. The zero-order chi connectivity index (χ0) is 14.5. The van der Waals surface area contributed by atoms with Crippen LogP contribution in [0, 0.1) is 5.92 Å². The Morgan fingerprint density at radius 1 is 1.35 bits per heavy atom. The zero-order valence-corrected chi connectivity index (χ0v) is 14.0.